The maximum absolute atomic E-state index is 12.1. The number of nitrogens with zero attached hydrogens (tertiary/aromatic N) is 2. The molecule has 6 aromatic carbocycles. The largest absolute Gasteiger partial charge is 1.00 e. The molecule has 6 aliphatic rings. The number of alkyl halides is 1. The van der Waals surface area contributed by atoms with Crippen molar-refractivity contribution in [2.24, 2.45) is 23.7 Å². The summed E-state index contributed by atoms with van der Waals surface area (Å²) in [5, 5.41) is 25.0. The van der Waals surface area contributed by atoms with Gasteiger partial charge in [-0.1, -0.05) is 198 Å². The first-order chi connectivity index (χ1) is 31.9. The van der Waals surface area contributed by atoms with Crippen LogP contribution in [0, 0.1) is 23.7 Å². The average molecular weight is 1010 g/mol. The van der Waals surface area contributed by atoms with Gasteiger partial charge in [0.05, 0.1) is 26.2 Å². The molecule has 6 heterocycles. The zero-order valence-electron chi connectivity index (χ0n) is 38.9. The van der Waals surface area contributed by atoms with Gasteiger partial charge in [-0.2, -0.15) is 0 Å². The second-order valence-corrected chi connectivity index (χ2v) is 20.4. The summed E-state index contributed by atoms with van der Waals surface area (Å²) in [4.78, 5) is 2.57. The van der Waals surface area contributed by atoms with E-state index in [9.17, 15) is 10.2 Å². The fraction of sp³-hybridized carbons (Fsp3) is 0.400. The molecule has 2 atom stereocenters. The normalized spacial score (nSPS) is 23.0. The van der Waals surface area contributed by atoms with Crippen molar-refractivity contribution < 1.29 is 31.7 Å². The van der Waals surface area contributed by atoms with Crippen LogP contribution in [0.5, 0.6) is 0 Å². The highest BCUT2D eigenvalue weighted by molar-refractivity contribution is 9.09. The highest BCUT2D eigenvalue weighted by Gasteiger charge is 2.49. The summed E-state index contributed by atoms with van der Waals surface area (Å²) >= 11 is 3.41. The summed E-state index contributed by atoms with van der Waals surface area (Å²) in [6, 6.07) is 62.6. The van der Waals surface area contributed by atoms with E-state index in [2.05, 4.69) is 154 Å². The summed E-state index contributed by atoms with van der Waals surface area (Å²) in [7, 11) is 0. The second-order valence-electron chi connectivity index (χ2n) is 19.7. The first-order valence-corrected chi connectivity index (χ1v) is 25.9. The maximum atomic E-state index is 12.1. The summed E-state index contributed by atoms with van der Waals surface area (Å²) in [6.07, 6.45) is 11.7. The fourth-order valence-electron chi connectivity index (χ4n) is 11.9. The molecule has 12 rings (SSSR count). The molecule has 348 valence electrons. The van der Waals surface area contributed by atoms with E-state index in [1.54, 1.807) is 0 Å². The van der Waals surface area contributed by atoms with Crippen molar-refractivity contribution in [2.45, 2.75) is 75.4 Å². The third kappa shape index (κ3) is 12.8. The smallest absolute Gasteiger partial charge is 0.115 e. The zero-order valence-corrected chi connectivity index (χ0v) is 42.1. The van der Waals surface area contributed by atoms with Crippen LogP contribution in [-0.2, 0) is 24.0 Å². The van der Waals surface area contributed by atoms with Gasteiger partial charge in [-0.25, -0.2) is 0 Å². The van der Waals surface area contributed by atoms with Gasteiger partial charge in [-0.05, 0) is 109 Å². The molecular formula is C60H72Br2N2O2. The number of piperidine rings is 6. The Morgan fingerprint density at radius 1 is 0.485 bits per heavy atom. The van der Waals surface area contributed by atoms with E-state index in [0.717, 1.165) is 58.8 Å². The number of quaternary nitrogens is 1. The summed E-state index contributed by atoms with van der Waals surface area (Å²) in [6.45, 7) is 8.78. The zero-order chi connectivity index (χ0) is 44.8. The molecule has 66 heavy (non-hydrogen) atoms. The van der Waals surface area contributed by atoms with Crippen molar-refractivity contribution in [3.8, 4) is 0 Å². The number of hydrogen-bond donors (Lipinski definition) is 2. The van der Waals surface area contributed by atoms with Gasteiger partial charge in [0, 0.05) is 37.1 Å². The Morgan fingerprint density at radius 3 is 1.23 bits per heavy atom. The minimum Gasteiger partial charge on any atom is -1.00 e. The van der Waals surface area contributed by atoms with Crippen LogP contribution in [0.15, 0.2) is 182 Å². The topological polar surface area (TPSA) is 43.7 Å². The number of aliphatic hydroxyl groups is 2. The number of hydrogen-bond acceptors (Lipinski definition) is 3. The average Bonchev–Trinajstić information content (AvgIpc) is 3.38. The standard InChI is InChI=1S/C30H36NO.C21H25NO.C9H11Br.BrH/c32-30(28-14-6-2-7-15-28,29-16-8-3-9-17-29)23-27-24-31(21-18-26(27)19-22-31)20-10-13-25-11-4-1-5-12-25;23-21(19-7-3-1-4-8-19,20-9-5-2-6-10-20)15-18-16-22-13-11-17(18)12-14-22;10-8-4-7-9-5-2-1-3-6-9;/h1-9,11-12,14-17,26-27,32H,10,13,18-24H2;1-10,17-18,23H,11-16H2;1-3,5-6H,4,7-8H2;1H/q+1;;;/p-1. The molecule has 6 fully saturated rings. The predicted molar refractivity (Wildman–Crippen MR) is 273 cm³/mol. The van der Waals surface area contributed by atoms with E-state index in [0.29, 0.717) is 11.8 Å². The molecule has 4 nitrogen and oxygen atoms in total. The molecule has 0 aromatic heterocycles. The number of benzene rings is 6. The Morgan fingerprint density at radius 2 is 0.848 bits per heavy atom. The van der Waals surface area contributed by atoms with Crippen LogP contribution < -0.4 is 17.0 Å². The van der Waals surface area contributed by atoms with Crippen LogP contribution >= 0.6 is 15.9 Å². The lowest BCUT2D eigenvalue weighted by Gasteiger charge is -2.54. The summed E-state index contributed by atoms with van der Waals surface area (Å²) in [5.74, 6) is 2.68. The molecule has 0 amide bonds. The molecule has 4 bridgehead atoms. The SMILES string of the molecule is BrCCCc1ccccc1.OC(CC1CN2CCC1CC2)(c1ccccc1)c1ccccc1.OC(CC1C[N+]2(CCCc3ccccc3)CCC1CC2)(c1ccccc1)c1ccccc1.[Br-]. The minimum absolute atomic E-state index is 0. The van der Waals surface area contributed by atoms with Crippen LogP contribution in [0.1, 0.15) is 84.7 Å². The monoisotopic (exact) mass is 1010 g/mol. The van der Waals surface area contributed by atoms with Crippen LogP contribution in [-0.4, -0.2) is 70.7 Å². The lowest BCUT2D eigenvalue weighted by molar-refractivity contribution is -0.947. The molecule has 0 spiro atoms. The highest BCUT2D eigenvalue weighted by Crippen LogP contribution is 2.46. The fourth-order valence-corrected chi connectivity index (χ4v) is 12.2. The van der Waals surface area contributed by atoms with Gasteiger partial charge >= 0.3 is 0 Å². The third-order valence-corrected chi connectivity index (χ3v) is 16.1. The molecule has 0 aliphatic carbocycles. The van der Waals surface area contributed by atoms with E-state index in [1.807, 2.05) is 48.5 Å². The summed E-state index contributed by atoms with van der Waals surface area (Å²) < 4.78 is 1.26. The van der Waals surface area contributed by atoms with Gasteiger partial charge in [-0.3, -0.25) is 0 Å². The van der Waals surface area contributed by atoms with Crippen molar-refractivity contribution in [1.82, 2.24) is 4.90 Å². The second kappa shape index (κ2) is 24.4. The van der Waals surface area contributed by atoms with Gasteiger partial charge in [-0.15, -0.1) is 0 Å². The van der Waals surface area contributed by atoms with Crippen molar-refractivity contribution in [3.63, 3.8) is 0 Å². The number of aryl methyl sites for hydroxylation is 2. The molecule has 0 radical (unpaired) electrons. The van der Waals surface area contributed by atoms with Gasteiger partial charge in [0.25, 0.3) is 0 Å². The number of fused-ring (bicyclic) bond motifs is 6. The molecule has 6 aliphatic heterocycles. The molecule has 6 heteroatoms. The summed E-state index contributed by atoms with van der Waals surface area (Å²) in [5.41, 5.74) is 5.17. The van der Waals surface area contributed by atoms with Crippen molar-refractivity contribution in [1.29, 1.82) is 0 Å². The van der Waals surface area contributed by atoms with E-state index < -0.39 is 11.2 Å². The Hall–Kier alpha value is -3.88. The predicted octanol–water partition coefficient (Wildman–Crippen LogP) is 9.47. The third-order valence-electron chi connectivity index (χ3n) is 15.5. The van der Waals surface area contributed by atoms with Crippen molar-refractivity contribution in [2.75, 3.05) is 51.1 Å². The molecule has 2 unspecified atom stereocenters. The highest BCUT2D eigenvalue weighted by atomic mass is 79.9. The van der Waals surface area contributed by atoms with Crippen molar-refractivity contribution in [3.05, 3.63) is 215 Å². The van der Waals surface area contributed by atoms with Crippen LogP contribution in [0.3, 0.4) is 0 Å². The van der Waals surface area contributed by atoms with E-state index >= 15 is 0 Å². The van der Waals surface area contributed by atoms with Crippen LogP contribution in [0.25, 0.3) is 0 Å². The van der Waals surface area contributed by atoms with E-state index in [1.165, 1.54) is 106 Å². The minimum atomic E-state index is -0.917. The van der Waals surface area contributed by atoms with Crippen LogP contribution in [0.4, 0.5) is 0 Å². The Balaban J connectivity index is 0.000000166. The van der Waals surface area contributed by atoms with E-state index in [-0.39, 0.29) is 17.0 Å². The number of halogens is 2. The molecular weight excluding hydrogens is 940 g/mol. The molecule has 6 saturated heterocycles. The molecule has 6 aromatic rings. The number of rotatable bonds is 15. The first-order valence-electron chi connectivity index (χ1n) is 24.7. The maximum Gasteiger partial charge on any atom is 0.115 e. The van der Waals surface area contributed by atoms with Gasteiger partial charge in [0.1, 0.15) is 11.2 Å². The van der Waals surface area contributed by atoms with E-state index in [4.69, 9.17) is 0 Å². The Kier molecular flexibility index (Phi) is 18.5. The van der Waals surface area contributed by atoms with Gasteiger partial charge in [0.2, 0.25) is 0 Å². The van der Waals surface area contributed by atoms with Crippen molar-refractivity contribution >= 4 is 15.9 Å². The van der Waals surface area contributed by atoms with Crippen LogP contribution in [0.2, 0.25) is 0 Å². The quantitative estimate of drug-likeness (QED) is 0.0797. The lowest BCUT2D eigenvalue weighted by atomic mass is 9.69. The molecule has 0 saturated carbocycles. The Bertz CT molecular complexity index is 2170. The van der Waals surface area contributed by atoms with Gasteiger partial charge < -0.3 is 36.6 Å². The Labute approximate surface area is 415 Å². The lowest BCUT2D eigenvalue weighted by Crippen LogP contribution is -3.00. The first kappa shape index (κ1) is 50.0. The van der Waals surface area contributed by atoms with Gasteiger partial charge in [0.15, 0.2) is 0 Å². The molecule has 2 N–H and O–H groups in total.